The second kappa shape index (κ2) is 5.54. The average molecular weight is 289 g/mol. The van der Waals surface area contributed by atoms with Crippen LogP contribution in [0.25, 0.3) is 0 Å². The third kappa shape index (κ3) is 3.51. The van der Waals surface area contributed by atoms with Crippen molar-refractivity contribution in [3.05, 3.63) is 35.4 Å². The quantitative estimate of drug-likeness (QED) is 0.924. The molecule has 2 rings (SSSR count). The van der Waals surface area contributed by atoms with Gasteiger partial charge in [-0.2, -0.15) is 0 Å². The van der Waals surface area contributed by atoms with Gasteiger partial charge in [-0.25, -0.2) is 17.2 Å². The summed E-state index contributed by atoms with van der Waals surface area (Å²) in [5.41, 5.74) is 0.480. The van der Waals surface area contributed by atoms with Gasteiger partial charge in [0.15, 0.2) is 9.84 Å². The molecule has 1 aliphatic rings. The van der Waals surface area contributed by atoms with Crippen LogP contribution in [0.3, 0.4) is 0 Å². The van der Waals surface area contributed by atoms with E-state index in [4.69, 9.17) is 0 Å². The summed E-state index contributed by atoms with van der Waals surface area (Å²) in [6, 6.07) is 3.03. The van der Waals surface area contributed by atoms with Crippen molar-refractivity contribution >= 4 is 9.84 Å². The fraction of sp³-hybridized carbons (Fsp3) is 0.538. The molecular weight excluding hydrogens is 272 g/mol. The lowest BCUT2D eigenvalue weighted by atomic mass is 10.1. The monoisotopic (exact) mass is 289 g/mol. The van der Waals surface area contributed by atoms with Gasteiger partial charge in [-0.15, -0.1) is 0 Å². The SMILES string of the molecule is CC(NCC1CCCS1(=O)=O)c1cc(F)cc(F)c1. The number of hydrogen-bond donors (Lipinski definition) is 1. The summed E-state index contributed by atoms with van der Waals surface area (Å²) in [6.45, 7) is 2.08. The molecule has 0 amide bonds. The Morgan fingerprint density at radius 2 is 1.95 bits per heavy atom. The second-order valence-electron chi connectivity index (χ2n) is 4.96. The van der Waals surface area contributed by atoms with Gasteiger partial charge < -0.3 is 5.32 Å². The van der Waals surface area contributed by atoms with Gasteiger partial charge in [0.05, 0.1) is 11.0 Å². The predicted molar refractivity (Wildman–Crippen MR) is 69.6 cm³/mol. The Balaban J connectivity index is 1.99. The zero-order chi connectivity index (χ0) is 14.0. The van der Waals surface area contributed by atoms with Crippen LogP contribution in [-0.2, 0) is 9.84 Å². The minimum absolute atomic E-state index is 0.238. The van der Waals surface area contributed by atoms with Crippen molar-refractivity contribution in [3.8, 4) is 0 Å². The number of nitrogens with one attached hydrogen (secondary N) is 1. The van der Waals surface area contributed by atoms with Crippen molar-refractivity contribution in [3.63, 3.8) is 0 Å². The van der Waals surface area contributed by atoms with E-state index in [2.05, 4.69) is 5.32 Å². The van der Waals surface area contributed by atoms with E-state index in [-0.39, 0.29) is 17.0 Å². The standard InChI is InChI=1S/C13H17F2NO2S/c1-9(10-5-11(14)7-12(15)6-10)16-8-13-3-2-4-19(13,17)18/h5-7,9,13,16H,2-4,8H2,1H3. The largest absolute Gasteiger partial charge is 0.309 e. The van der Waals surface area contributed by atoms with E-state index in [9.17, 15) is 17.2 Å². The molecule has 3 nitrogen and oxygen atoms in total. The lowest BCUT2D eigenvalue weighted by molar-refractivity contribution is 0.526. The molecule has 2 unspecified atom stereocenters. The lowest BCUT2D eigenvalue weighted by Crippen LogP contribution is -2.32. The van der Waals surface area contributed by atoms with Crippen LogP contribution in [0.2, 0.25) is 0 Å². The Morgan fingerprint density at radius 1 is 1.32 bits per heavy atom. The molecule has 106 valence electrons. The van der Waals surface area contributed by atoms with Gasteiger partial charge in [0.2, 0.25) is 0 Å². The smallest absolute Gasteiger partial charge is 0.154 e. The molecule has 1 N–H and O–H groups in total. The summed E-state index contributed by atoms with van der Waals surface area (Å²) < 4.78 is 49.5. The first kappa shape index (κ1) is 14.4. The molecule has 0 aliphatic carbocycles. The molecular formula is C13H17F2NO2S. The molecule has 0 spiro atoms. The molecule has 1 saturated heterocycles. The van der Waals surface area contributed by atoms with Crippen LogP contribution in [0.15, 0.2) is 18.2 Å². The molecule has 1 aromatic rings. The molecule has 1 heterocycles. The van der Waals surface area contributed by atoms with Crippen LogP contribution in [0.4, 0.5) is 8.78 Å². The maximum Gasteiger partial charge on any atom is 0.154 e. The van der Waals surface area contributed by atoms with Crippen LogP contribution in [0.1, 0.15) is 31.4 Å². The molecule has 0 aromatic heterocycles. The Hall–Kier alpha value is -1.01. The van der Waals surface area contributed by atoms with Crippen LogP contribution < -0.4 is 5.32 Å². The molecule has 1 fully saturated rings. The molecule has 6 heteroatoms. The van der Waals surface area contributed by atoms with Crippen molar-refractivity contribution < 1.29 is 17.2 Å². The fourth-order valence-electron chi connectivity index (χ4n) is 2.34. The van der Waals surface area contributed by atoms with E-state index >= 15 is 0 Å². The van der Waals surface area contributed by atoms with Crippen molar-refractivity contribution in [1.82, 2.24) is 5.32 Å². The number of sulfone groups is 1. The maximum atomic E-state index is 13.1. The van der Waals surface area contributed by atoms with E-state index in [1.54, 1.807) is 6.92 Å². The van der Waals surface area contributed by atoms with Gasteiger partial charge in [0, 0.05) is 18.7 Å². The third-order valence-electron chi connectivity index (χ3n) is 3.50. The van der Waals surface area contributed by atoms with Crippen LogP contribution in [-0.4, -0.2) is 26.0 Å². The van der Waals surface area contributed by atoms with Gasteiger partial charge in [-0.1, -0.05) is 0 Å². The van der Waals surface area contributed by atoms with Crippen LogP contribution >= 0.6 is 0 Å². The van der Waals surface area contributed by atoms with E-state index < -0.39 is 21.5 Å². The Bertz CT molecular complexity index is 540. The van der Waals surface area contributed by atoms with Crippen LogP contribution in [0, 0.1) is 11.6 Å². The number of halogens is 2. The summed E-state index contributed by atoms with van der Waals surface area (Å²) in [7, 11) is -2.99. The molecule has 0 radical (unpaired) electrons. The highest BCUT2D eigenvalue weighted by Gasteiger charge is 2.31. The summed E-state index contributed by atoms with van der Waals surface area (Å²) in [5, 5.41) is 2.66. The zero-order valence-corrected chi connectivity index (χ0v) is 11.5. The zero-order valence-electron chi connectivity index (χ0n) is 10.7. The van der Waals surface area contributed by atoms with Gasteiger partial charge >= 0.3 is 0 Å². The van der Waals surface area contributed by atoms with E-state index in [1.807, 2.05) is 0 Å². The lowest BCUT2D eigenvalue weighted by Gasteiger charge is -2.17. The number of benzene rings is 1. The van der Waals surface area contributed by atoms with Crippen molar-refractivity contribution in [1.29, 1.82) is 0 Å². The Labute approximate surface area is 111 Å². The van der Waals surface area contributed by atoms with Gasteiger partial charge in [0.25, 0.3) is 0 Å². The van der Waals surface area contributed by atoms with E-state index in [1.165, 1.54) is 12.1 Å². The molecule has 0 bridgehead atoms. The Kier molecular flexibility index (Phi) is 4.20. The van der Waals surface area contributed by atoms with Gasteiger partial charge in [-0.05, 0) is 37.5 Å². The highest BCUT2D eigenvalue weighted by atomic mass is 32.2. The summed E-state index contributed by atoms with van der Waals surface area (Å²) in [6.07, 6.45) is 1.34. The number of rotatable bonds is 4. The highest BCUT2D eigenvalue weighted by molar-refractivity contribution is 7.92. The van der Waals surface area contributed by atoms with Crippen molar-refractivity contribution in [2.75, 3.05) is 12.3 Å². The average Bonchev–Trinajstić information content (AvgIpc) is 2.64. The molecule has 0 saturated carbocycles. The first-order chi connectivity index (χ1) is 8.88. The van der Waals surface area contributed by atoms with Crippen molar-refractivity contribution in [2.24, 2.45) is 0 Å². The second-order valence-corrected chi connectivity index (χ2v) is 7.36. The highest BCUT2D eigenvalue weighted by Crippen LogP contribution is 2.21. The molecule has 19 heavy (non-hydrogen) atoms. The Morgan fingerprint density at radius 3 is 2.47 bits per heavy atom. The van der Waals surface area contributed by atoms with E-state index in [0.29, 0.717) is 24.9 Å². The first-order valence-corrected chi connectivity index (χ1v) is 8.01. The minimum atomic E-state index is -2.99. The minimum Gasteiger partial charge on any atom is -0.309 e. The van der Waals surface area contributed by atoms with Gasteiger partial charge in [-0.3, -0.25) is 0 Å². The van der Waals surface area contributed by atoms with Crippen LogP contribution in [0.5, 0.6) is 0 Å². The predicted octanol–water partition coefficient (Wildman–Crippen LogP) is 2.19. The van der Waals surface area contributed by atoms with Gasteiger partial charge in [0.1, 0.15) is 11.6 Å². The molecule has 1 aliphatic heterocycles. The maximum absolute atomic E-state index is 13.1. The summed E-state index contributed by atoms with van der Waals surface area (Å²) >= 11 is 0. The summed E-state index contributed by atoms with van der Waals surface area (Å²) in [4.78, 5) is 0. The summed E-state index contributed by atoms with van der Waals surface area (Å²) in [5.74, 6) is -1.02. The van der Waals surface area contributed by atoms with Crippen molar-refractivity contribution in [2.45, 2.75) is 31.1 Å². The normalized spacial score (nSPS) is 23.4. The third-order valence-corrected chi connectivity index (χ3v) is 5.78. The molecule has 2 atom stereocenters. The topological polar surface area (TPSA) is 46.2 Å². The number of hydrogen-bond acceptors (Lipinski definition) is 3. The first-order valence-electron chi connectivity index (χ1n) is 6.29. The fourth-order valence-corrected chi connectivity index (χ4v) is 4.12. The molecule has 1 aromatic carbocycles. The van der Waals surface area contributed by atoms with E-state index in [0.717, 1.165) is 6.07 Å².